The van der Waals surface area contributed by atoms with Crippen molar-refractivity contribution in [3.05, 3.63) is 28.4 Å². The summed E-state index contributed by atoms with van der Waals surface area (Å²) in [7, 11) is 4.77. The SMILES string of the molecule is C1CCOC1.CNc1nc(-c2c(Cl)c(OC)cc(OC)c2Cl)cc2cnc(N)nc12. The van der Waals surface area contributed by atoms with E-state index in [1.165, 1.54) is 27.1 Å². The summed E-state index contributed by atoms with van der Waals surface area (Å²) in [5, 5.41) is 4.40. The zero-order valence-electron chi connectivity index (χ0n) is 17.0. The first-order chi connectivity index (χ1) is 14.5. The second-order valence-corrected chi connectivity index (χ2v) is 7.13. The number of ether oxygens (including phenoxy) is 3. The Bertz CT molecular complexity index is 1010. The lowest BCUT2D eigenvalue weighted by atomic mass is 10.1. The minimum absolute atomic E-state index is 0.165. The minimum Gasteiger partial charge on any atom is -0.495 e. The molecule has 30 heavy (non-hydrogen) atoms. The largest absolute Gasteiger partial charge is 0.495 e. The van der Waals surface area contributed by atoms with Crippen molar-refractivity contribution in [3.63, 3.8) is 0 Å². The Hall–Kier alpha value is -2.55. The van der Waals surface area contributed by atoms with Gasteiger partial charge < -0.3 is 25.3 Å². The van der Waals surface area contributed by atoms with Gasteiger partial charge in [0.25, 0.3) is 0 Å². The van der Waals surface area contributed by atoms with Crippen LogP contribution in [-0.2, 0) is 4.74 Å². The molecule has 0 saturated carbocycles. The van der Waals surface area contributed by atoms with Gasteiger partial charge in [-0.15, -0.1) is 0 Å². The van der Waals surface area contributed by atoms with Crippen molar-refractivity contribution in [2.75, 3.05) is 45.5 Å². The summed E-state index contributed by atoms with van der Waals surface area (Å²) in [6.07, 6.45) is 4.17. The van der Waals surface area contributed by atoms with Crippen molar-refractivity contribution in [2.24, 2.45) is 0 Å². The van der Waals surface area contributed by atoms with Gasteiger partial charge in [-0.3, -0.25) is 0 Å². The molecule has 4 rings (SSSR count). The van der Waals surface area contributed by atoms with Crippen molar-refractivity contribution in [1.82, 2.24) is 15.0 Å². The van der Waals surface area contributed by atoms with Crippen LogP contribution in [0.15, 0.2) is 18.3 Å². The first-order valence-corrected chi connectivity index (χ1v) is 10.0. The Morgan fingerprint density at radius 1 is 1.03 bits per heavy atom. The molecule has 0 spiro atoms. The van der Waals surface area contributed by atoms with Crippen molar-refractivity contribution in [1.29, 1.82) is 0 Å². The van der Waals surface area contributed by atoms with Crippen LogP contribution in [0.1, 0.15) is 12.8 Å². The summed E-state index contributed by atoms with van der Waals surface area (Å²) in [5.74, 6) is 1.55. The standard InChI is InChI=1S/C16H15Cl2N5O2.C4H8O/c1-20-15-14-7(6-21-16(19)23-14)4-8(22-15)11-12(17)9(24-2)5-10(25-3)13(11)18;1-2-4-5-3-1/h4-6H,1-3H3,(H,20,22)(H2,19,21,23);1-4H2. The van der Waals surface area contributed by atoms with Crippen LogP contribution >= 0.6 is 23.2 Å². The Labute approximate surface area is 184 Å². The summed E-state index contributed by atoms with van der Waals surface area (Å²) in [6, 6.07) is 3.40. The Kier molecular flexibility index (Phi) is 7.36. The van der Waals surface area contributed by atoms with Crippen molar-refractivity contribution >= 4 is 45.9 Å². The lowest BCUT2D eigenvalue weighted by Gasteiger charge is -2.15. The molecule has 10 heteroatoms. The van der Waals surface area contributed by atoms with Crippen LogP contribution in [0.25, 0.3) is 22.2 Å². The summed E-state index contributed by atoms with van der Waals surface area (Å²) in [6.45, 7) is 2.00. The summed E-state index contributed by atoms with van der Waals surface area (Å²) < 4.78 is 15.6. The van der Waals surface area contributed by atoms with Crippen LogP contribution in [0, 0.1) is 0 Å². The first kappa shape index (κ1) is 22.1. The molecule has 0 radical (unpaired) electrons. The quantitative estimate of drug-likeness (QED) is 0.599. The van der Waals surface area contributed by atoms with Gasteiger partial charge in [-0.2, -0.15) is 0 Å². The molecule has 1 aromatic carbocycles. The van der Waals surface area contributed by atoms with E-state index in [9.17, 15) is 0 Å². The van der Waals surface area contributed by atoms with E-state index >= 15 is 0 Å². The molecule has 3 heterocycles. The van der Waals surface area contributed by atoms with Gasteiger partial charge in [0.2, 0.25) is 5.95 Å². The number of hydrogen-bond donors (Lipinski definition) is 2. The molecule has 3 N–H and O–H groups in total. The maximum atomic E-state index is 6.47. The van der Waals surface area contributed by atoms with Gasteiger partial charge in [-0.05, 0) is 18.9 Å². The van der Waals surface area contributed by atoms with E-state index in [1.54, 1.807) is 25.4 Å². The molecule has 0 atom stereocenters. The predicted octanol–water partition coefficient (Wildman–Crippen LogP) is 4.44. The average Bonchev–Trinajstić information content (AvgIpc) is 3.34. The van der Waals surface area contributed by atoms with Gasteiger partial charge in [0.05, 0.1) is 30.0 Å². The molecular weight excluding hydrogens is 429 g/mol. The van der Waals surface area contributed by atoms with Crippen LogP contribution in [0.2, 0.25) is 10.0 Å². The molecule has 1 aliphatic rings. The molecule has 0 aliphatic carbocycles. The Morgan fingerprint density at radius 2 is 1.67 bits per heavy atom. The zero-order valence-corrected chi connectivity index (χ0v) is 18.5. The number of nitrogens with zero attached hydrogens (tertiary/aromatic N) is 3. The number of nitrogen functional groups attached to an aromatic ring is 1. The number of benzene rings is 1. The maximum Gasteiger partial charge on any atom is 0.220 e. The van der Waals surface area contributed by atoms with Gasteiger partial charge >= 0.3 is 0 Å². The summed E-state index contributed by atoms with van der Waals surface area (Å²) in [5.41, 5.74) is 7.29. The average molecular weight is 452 g/mol. The highest BCUT2D eigenvalue weighted by atomic mass is 35.5. The van der Waals surface area contributed by atoms with E-state index in [1.807, 2.05) is 0 Å². The number of hydrogen-bond acceptors (Lipinski definition) is 8. The smallest absolute Gasteiger partial charge is 0.220 e. The highest BCUT2D eigenvalue weighted by molar-refractivity contribution is 6.41. The molecule has 8 nitrogen and oxygen atoms in total. The van der Waals surface area contributed by atoms with Gasteiger partial charge in [0.1, 0.15) is 17.0 Å². The normalized spacial score (nSPS) is 13.0. The van der Waals surface area contributed by atoms with Gasteiger partial charge in [0, 0.05) is 43.5 Å². The fraction of sp³-hybridized carbons (Fsp3) is 0.350. The number of anilines is 2. The Balaban J connectivity index is 0.000000448. The second-order valence-electron chi connectivity index (χ2n) is 6.38. The molecule has 0 amide bonds. The fourth-order valence-corrected chi connectivity index (χ4v) is 3.67. The third-order valence-corrected chi connectivity index (χ3v) is 5.23. The van der Waals surface area contributed by atoms with E-state index in [-0.39, 0.29) is 5.95 Å². The third kappa shape index (κ3) is 4.61. The topological polar surface area (TPSA) is 104 Å². The van der Waals surface area contributed by atoms with Gasteiger partial charge in [-0.1, -0.05) is 23.2 Å². The molecule has 1 saturated heterocycles. The van der Waals surface area contributed by atoms with Gasteiger partial charge in [-0.25, -0.2) is 15.0 Å². The molecule has 1 fully saturated rings. The number of aromatic nitrogens is 3. The van der Waals surface area contributed by atoms with E-state index in [0.29, 0.717) is 44.1 Å². The van der Waals surface area contributed by atoms with Crippen LogP contribution in [0.3, 0.4) is 0 Å². The molecule has 3 aromatic rings. The van der Waals surface area contributed by atoms with Gasteiger partial charge in [0.15, 0.2) is 5.82 Å². The van der Waals surface area contributed by atoms with Crippen LogP contribution in [0.5, 0.6) is 11.5 Å². The van der Waals surface area contributed by atoms with E-state index < -0.39 is 0 Å². The highest BCUT2D eigenvalue weighted by Gasteiger charge is 2.21. The minimum atomic E-state index is 0.165. The van der Waals surface area contributed by atoms with Crippen molar-refractivity contribution < 1.29 is 14.2 Å². The lowest BCUT2D eigenvalue weighted by Crippen LogP contribution is -2.02. The molecule has 1 aliphatic heterocycles. The molecular formula is C20H23Cl2N5O3. The first-order valence-electron chi connectivity index (χ1n) is 9.29. The predicted molar refractivity (Wildman–Crippen MR) is 120 cm³/mol. The number of nitrogens with two attached hydrogens (primary N) is 1. The molecule has 0 unspecified atom stereocenters. The fourth-order valence-electron chi connectivity index (χ4n) is 2.98. The number of fused-ring (bicyclic) bond motifs is 1. The summed E-state index contributed by atoms with van der Waals surface area (Å²) in [4.78, 5) is 12.8. The molecule has 0 bridgehead atoms. The maximum absolute atomic E-state index is 6.47. The molecule has 160 valence electrons. The van der Waals surface area contributed by atoms with E-state index in [4.69, 9.17) is 43.1 Å². The number of methoxy groups -OCH3 is 2. The number of nitrogens with one attached hydrogen (secondary N) is 1. The van der Waals surface area contributed by atoms with Crippen molar-refractivity contribution in [2.45, 2.75) is 12.8 Å². The second kappa shape index (κ2) is 9.97. The van der Waals surface area contributed by atoms with Crippen molar-refractivity contribution in [3.8, 4) is 22.8 Å². The molecule has 2 aromatic heterocycles. The van der Waals surface area contributed by atoms with Crippen LogP contribution < -0.4 is 20.5 Å². The van der Waals surface area contributed by atoms with Crippen LogP contribution in [-0.4, -0.2) is 49.4 Å². The van der Waals surface area contributed by atoms with Crippen LogP contribution in [0.4, 0.5) is 11.8 Å². The van der Waals surface area contributed by atoms with E-state index in [2.05, 4.69) is 20.3 Å². The number of halogens is 2. The Morgan fingerprint density at radius 3 is 2.17 bits per heavy atom. The lowest BCUT2D eigenvalue weighted by molar-refractivity contribution is 0.198. The zero-order chi connectivity index (χ0) is 21.7. The van der Waals surface area contributed by atoms with E-state index in [0.717, 1.165) is 18.6 Å². The number of rotatable bonds is 4. The monoisotopic (exact) mass is 451 g/mol. The number of pyridine rings is 1. The third-order valence-electron chi connectivity index (χ3n) is 4.48. The highest BCUT2D eigenvalue weighted by Crippen LogP contribution is 2.46. The summed E-state index contributed by atoms with van der Waals surface area (Å²) >= 11 is 12.9.